The van der Waals surface area contributed by atoms with Crippen molar-refractivity contribution >= 4 is 23.3 Å². The quantitative estimate of drug-likeness (QED) is 0.582. The van der Waals surface area contributed by atoms with Gasteiger partial charge in [-0.2, -0.15) is 0 Å². The highest BCUT2D eigenvalue weighted by molar-refractivity contribution is 8.01. The van der Waals surface area contributed by atoms with E-state index in [1.165, 1.54) is 11.5 Å². The third-order valence-electron chi connectivity index (χ3n) is 1.18. The highest BCUT2D eigenvalue weighted by Crippen LogP contribution is 2.25. The number of aromatic nitrogens is 2. The van der Waals surface area contributed by atoms with Crippen LogP contribution in [0.15, 0.2) is 4.21 Å². The molecule has 0 spiro atoms. The van der Waals surface area contributed by atoms with Crippen LogP contribution in [0, 0.1) is 0 Å². The third-order valence-corrected chi connectivity index (χ3v) is 3.43. The molecule has 1 aromatic heterocycles. The molecule has 0 aliphatic carbocycles. The lowest BCUT2D eigenvalue weighted by Gasteiger charge is -1.96. The van der Waals surface area contributed by atoms with E-state index < -0.39 is 0 Å². The molecule has 6 heteroatoms. The van der Waals surface area contributed by atoms with Gasteiger partial charge in [0.25, 0.3) is 0 Å². The summed E-state index contributed by atoms with van der Waals surface area (Å²) in [6.45, 7) is 2.49. The van der Waals surface area contributed by atoms with Gasteiger partial charge in [0, 0.05) is 0 Å². The van der Waals surface area contributed by atoms with Gasteiger partial charge in [-0.05, 0) is 23.7 Å². The Kier molecular flexibility index (Phi) is 4.52. The molecule has 1 heterocycles. The normalized spacial score (nSPS) is 10.5. The molecule has 0 amide bonds. The number of hydrogen-bond acceptors (Lipinski definition) is 6. The van der Waals surface area contributed by atoms with Gasteiger partial charge in [0.2, 0.25) is 0 Å². The number of nitrogens with two attached hydrogens (primary N) is 1. The molecule has 2 N–H and O–H groups in total. The van der Waals surface area contributed by atoms with Crippen LogP contribution >= 0.6 is 23.3 Å². The Labute approximate surface area is 79.6 Å². The Morgan fingerprint density at radius 2 is 2.50 bits per heavy atom. The molecule has 0 bridgehead atoms. The predicted molar refractivity (Wildman–Crippen MR) is 49.9 cm³/mol. The lowest BCUT2D eigenvalue weighted by Crippen LogP contribution is -2.00. The van der Waals surface area contributed by atoms with E-state index in [4.69, 9.17) is 5.90 Å². The summed E-state index contributed by atoms with van der Waals surface area (Å²) in [6.07, 6.45) is 1.14. The van der Waals surface area contributed by atoms with Crippen molar-refractivity contribution in [2.75, 3.05) is 5.75 Å². The highest BCUT2D eigenvalue weighted by atomic mass is 32.2. The van der Waals surface area contributed by atoms with Crippen molar-refractivity contribution in [1.29, 1.82) is 0 Å². The zero-order chi connectivity index (χ0) is 8.81. The first kappa shape index (κ1) is 9.91. The Morgan fingerprint density at radius 3 is 3.17 bits per heavy atom. The first-order valence-electron chi connectivity index (χ1n) is 3.64. The van der Waals surface area contributed by atoms with E-state index in [9.17, 15) is 0 Å². The summed E-state index contributed by atoms with van der Waals surface area (Å²) in [5, 5.41) is 3.90. The Balaban J connectivity index is 2.51. The third kappa shape index (κ3) is 2.71. The van der Waals surface area contributed by atoms with Gasteiger partial charge >= 0.3 is 0 Å². The molecular weight excluding hydrogens is 194 g/mol. The minimum absolute atomic E-state index is 0.350. The summed E-state index contributed by atoms with van der Waals surface area (Å²) in [5.74, 6) is 6.03. The molecule has 0 unspecified atom stereocenters. The molecule has 0 aliphatic rings. The minimum Gasteiger partial charge on any atom is -0.298 e. The summed E-state index contributed by atoms with van der Waals surface area (Å²) in [7, 11) is 0. The van der Waals surface area contributed by atoms with Crippen LogP contribution < -0.4 is 5.90 Å². The van der Waals surface area contributed by atoms with Crippen molar-refractivity contribution < 1.29 is 4.84 Å². The van der Waals surface area contributed by atoms with Gasteiger partial charge < -0.3 is 0 Å². The summed E-state index contributed by atoms with van der Waals surface area (Å²) < 4.78 is 4.94. The number of hydrogen-bond donors (Lipinski definition) is 1. The molecule has 0 radical (unpaired) electrons. The van der Waals surface area contributed by atoms with Crippen molar-refractivity contribution in [2.45, 2.75) is 24.2 Å². The lowest BCUT2D eigenvalue weighted by atomic mass is 10.5. The molecule has 0 atom stereocenters. The molecule has 0 aliphatic heterocycles. The topological polar surface area (TPSA) is 61.0 Å². The lowest BCUT2D eigenvalue weighted by molar-refractivity contribution is 0.120. The summed E-state index contributed by atoms with van der Waals surface area (Å²) in [6, 6.07) is 0. The fourth-order valence-corrected chi connectivity index (χ4v) is 2.31. The van der Waals surface area contributed by atoms with Crippen molar-refractivity contribution in [3.05, 3.63) is 5.69 Å². The van der Waals surface area contributed by atoms with E-state index in [1.54, 1.807) is 11.8 Å². The van der Waals surface area contributed by atoms with E-state index >= 15 is 0 Å². The zero-order valence-electron chi connectivity index (χ0n) is 6.82. The van der Waals surface area contributed by atoms with E-state index in [-0.39, 0.29) is 0 Å². The van der Waals surface area contributed by atoms with Crippen LogP contribution in [0.2, 0.25) is 0 Å². The highest BCUT2D eigenvalue weighted by Gasteiger charge is 2.07. The molecule has 4 nitrogen and oxygen atoms in total. The van der Waals surface area contributed by atoms with Crippen LogP contribution in [-0.2, 0) is 11.4 Å². The van der Waals surface area contributed by atoms with Gasteiger partial charge in [-0.25, -0.2) is 5.90 Å². The van der Waals surface area contributed by atoms with E-state index in [0.717, 1.165) is 22.1 Å². The van der Waals surface area contributed by atoms with E-state index in [0.29, 0.717) is 6.61 Å². The van der Waals surface area contributed by atoms with Crippen molar-refractivity contribution in [2.24, 2.45) is 5.90 Å². The first-order valence-corrected chi connectivity index (χ1v) is 5.40. The number of thioether (sulfide) groups is 1. The average Bonchev–Trinajstić information content (AvgIpc) is 2.50. The smallest absolute Gasteiger partial charge is 0.117 e. The van der Waals surface area contributed by atoms with Crippen molar-refractivity contribution in [3.63, 3.8) is 0 Å². The van der Waals surface area contributed by atoms with Crippen LogP contribution in [0.4, 0.5) is 0 Å². The van der Waals surface area contributed by atoms with Crippen molar-refractivity contribution in [1.82, 2.24) is 9.59 Å². The second-order valence-electron chi connectivity index (χ2n) is 2.17. The van der Waals surface area contributed by atoms with Crippen LogP contribution in [-0.4, -0.2) is 15.3 Å². The average molecular weight is 205 g/mol. The SMILES string of the molecule is CCCSc1snnc1CON. The van der Waals surface area contributed by atoms with Crippen LogP contribution in [0.25, 0.3) is 0 Å². The van der Waals surface area contributed by atoms with Crippen molar-refractivity contribution in [3.8, 4) is 0 Å². The Morgan fingerprint density at radius 1 is 1.67 bits per heavy atom. The number of nitrogens with zero attached hydrogens (tertiary/aromatic N) is 2. The minimum atomic E-state index is 0.350. The molecule has 68 valence electrons. The Hall–Kier alpha value is -0.170. The summed E-state index contributed by atoms with van der Waals surface area (Å²) in [5.41, 5.74) is 0.848. The van der Waals surface area contributed by atoms with Gasteiger partial charge in [-0.15, -0.1) is 16.9 Å². The predicted octanol–water partition coefficient (Wildman–Crippen LogP) is 1.43. The standard InChI is InChI=1S/C6H11N3OS2/c1-2-3-11-6-5(4-10-7)8-9-12-6/h2-4,7H2,1H3. The number of rotatable bonds is 5. The van der Waals surface area contributed by atoms with Crippen LogP contribution in [0.1, 0.15) is 19.0 Å². The summed E-state index contributed by atoms with van der Waals surface area (Å²) >= 11 is 3.15. The van der Waals surface area contributed by atoms with Gasteiger partial charge in [0.1, 0.15) is 16.5 Å². The Bertz CT molecular complexity index is 228. The first-order chi connectivity index (χ1) is 5.88. The fourth-order valence-electron chi connectivity index (χ4n) is 0.671. The molecular formula is C6H11N3OS2. The van der Waals surface area contributed by atoms with Gasteiger partial charge in [0.15, 0.2) is 0 Å². The van der Waals surface area contributed by atoms with Crippen LogP contribution in [0.5, 0.6) is 0 Å². The maximum atomic E-state index is 4.94. The largest absolute Gasteiger partial charge is 0.298 e. The zero-order valence-corrected chi connectivity index (χ0v) is 8.45. The van der Waals surface area contributed by atoms with E-state index in [2.05, 4.69) is 21.3 Å². The molecule has 0 aromatic carbocycles. The fraction of sp³-hybridized carbons (Fsp3) is 0.667. The molecule has 1 rings (SSSR count). The van der Waals surface area contributed by atoms with Gasteiger partial charge in [-0.1, -0.05) is 11.4 Å². The molecule has 0 saturated heterocycles. The second kappa shape index (κ2) is 5.47. The molecule has 12 heavy (non-hydrogen) atoms. The van der Waals surface area contributed by atoms with E-state index in [1.807, 2.05) is 0 Å². The van der Waals surface area contributed by atoms with Gasteiger partial charge in [-0.3, -0.25) is 4.84 Å². The van der Waals surface area contributed by atoms with Gasteiger partial charge in [0.05, 0.1) is 0 Å². The monoisotopic (exact) mass is 205 g/mol. The summed E-state index contributed by atoms with van der Waals surface area (Å²) in [4.78, 5) is 4.50. The maximum absolute atomic E-state index is 4.94. The maximum Gasteiger partial charge on any atom is 0.117 e. The second-order valence-corrected chi connectivity index (χ2v) is 4.28. The molecule has 0 saturated carbocycles. The molecule has 1 aromatic rings. The van der Waals surface area contributed by atoms with Crippen LogP contribution in [0.3, 0.4) is 0 Å². The molecule has 0 fully saturated rings.